The number of hydrogen-bond donors (Lipinski definition) is 1. The molecule has 30 heavy (non-hydrogen) atoms. The largest absolute Gasteiger partial charge is 0.348 e. The van der Waals surface area contributed by atoms with Crippen molar-refractivity contribution in [3.05, 3.63) is 87.2 Å². The van der Waals surface area contributed by atoms with Crippen LogP contribution in [0.3, 0.4) is 0 Å². The van der Waals surface area contributed by atoms with E-state index in [1.54, 1.807) is 4.68 Å². The lowest BCUT2D eigenvalue weighted by molar-refractivity contribution is 0.0952. The van der Waals surface area contributed by atoms with Crippen LogP contribution >= 0.6 is 11.6 Å². The van der Waals surface area contributed by atoms with Crippen molar-refractivity contribution in [2.75, 3.05) is 0 Å². The van der Waals surface area contributed by atoms with E-state index in [0.29, 0.717) is 22.8 Å². The van der Waals surface area contributed by atoms with Gasteiger partial charge >= 0.3 is 0 Å². The Balaban J connectivity index is 1.76. The maximum absolute atomic E-state index is 13.1. The van der Waals surface area contributed by atoms with Crippen LogP contribution in [0.2, 0.25) is 5.02 Å². The van der Waals surface area contributed by atoms with Crippen molar-refractivity contribution in [2.24, 2.45) is 0 Å². The molecule has 152 valence electrons. The molecule has 0 aliphatic heterocycles. The Kier molecular flexibility index (Phi) is 5.31. The van der Waals surface area contributed by atoms with Gasteiger partial charge in [0.15, 0.2) is 5.65 Å². The summed E-state index contributed by atoms with van der Waals surface area (Å²) in [5, 5.41) is 9.13. The van der Waals surface area contributed by atoms with Crippen LogP contribution in [0.4, 0.5) is 0 Å². The summed E-state index contributed by atoms with van der Waals surface area (Å²) in [6.07, 6.45) is 0. The normalized spacial score (nSPS) is 11.1. The number of rotatable bonds is 4. The van der Waals surface area contributed by atoms with Gasteiger partial charge in [-0.25, -0.2) is 9.67 Å². The molecule has 0 aliphatic carbocycles. The van der Waals surface area contributed by atoms with Gasteiger partial charge < -0.3 is 5.32 Å². The number of fused-ring (bicyclic) bond motifs is 1. The standard InChI is InChI=1S/C24H23ClN4O/c1-14-8-10-18(11-9-14)13-26-24(30)19-12-15(2)27-23-22(19)17(4)28-29(23)21-7-5-6-20(25)16(21)3/h5-12H,13H2,1-4H3,(H,26,30). The summed E-state index contributed by atoms with van der Waals surface area (Å²) >= 11 is 6.32. The highest BCUT2D eigenvalue weighted by atomic mass is 35.5. The Morgan fingerprint density at radius 1 is 1.07 bits per heavy atom. The number of nitrogens with zero attached hydrogens (tertiary/aromatic N) is 3. The van der Waals surface area contributed by atoms with Crippen LogP contribution in [0.1, 0.15) is 38.4 Å². The highest BCUT2D eigenvalue weighted by Crippen LogP contribution is 2.28. The fourth-order valence-electron chi connectivity index (χ4n) is 3.57. The first-order valence-electron chi connectivity index (χ1n) is 9.81. The maximum Gasteiger partial charge on any atom is 0.252 e. The number of pyridine rings is 1. The molecule has 0 fully saturated rings. The Bertz CT molecular complexity index is 1260. The minimum absolute atomic E-state index is 0.142. The summed E-state index contributed by atoms with van der Waals surface area (Å²) in [5.74, 6) is -0.142. The molecule has 6 heteroatoms. The molecule has 0 bridgehead atoms. The van der Waals surface area contributed by atoms with Gasteiger partial charge in [-0.05, 0) is 57.0 Å². The number of carbonyl (C=O) groups is 1. The number of aromatic nitrogens is 3. The molecule has 0 radical (unpaired) electrons. The first-order chi connectivity index (χ1) is 14.3. The predicted molar refractivity (Wildman–Crippen MR) is 120 cm³/mol. The average molecular weight is 419 g/mol. The third-order valence-corrected chi connectivity index (χ3v) is 5.64. The van der Waals surface area contributed by atoms with Gasteiger partial charge in [-0.2, -0.15) is 5.10 Å². The van der Waals surface area contributed by atoms with Crippen LogP contribution in [0.25, 0.3) is 16.7 Å². The predicted octanol–water partition coefficient (Wildman–Crippen LogP) is 5.24. The monoisotopic (exact) mass is 418 g/mol. The minimum Gasteiger partial charge on any atom is -0.348 e. The lowest BCUT2D eigenvalue weighted by Gasteiger charge is -2.10. The van der Waals surface area contributed by atoms with Crippen LogP contribution in [0.5, 0.6) is 0 Å². The SMILES string of the molecule is Cc1ccc(CNC(=O)c2cc(C)nc3c2c(C)nn3-c2cccc(Cl)c2C)cc1. The molecule has 4 rings (SSSR count). The van der Waals surface area contributed by atoms with Gasteiger partial charge in [0.1, 0.15) is 0 Å². The molecule has 2 aromatic carbocycles. The molecule has 0 unspecified atom stereocenters. The van der Waals surface area contributed by atoms with Gasteiger partial charge in [-0.1, -0.05) is 47.5 Å². The molecule has 1 amide bonds. The molecule has 0 saturated heterocycles. The summed E-state index contributed by atoms with van der Waals surface area (Å²) in [5.41, 5.74) is 6.74. The zero-order valence-electron chi connectivity index (χ0n) is 17.5. The van der Waals surface area contributed by atoms with Crippen LogP contribution < -0.4 is 5.32 Å². The van der Waals surface area contributed by atoms with Crippen molar-refractivity contribution in [2.45, 2.75) is 34.2 Å². The van der Waals surface area contributed by atoms with Crippen LogP contribution in [-0.2, 0) is 6.54 Å². The second kappa shape index (κ2) is 7.92. The summed E-state index contributed by atoms with van der Waals surface area (Å²) < 4.78 is 1.77. The lowest BCUT2D eigenvalue weighted by Crippen LogP contribution is -2.23. The molecule has 2 aromatic heterocycles. The first-order valence-corrected chi connectivity index (χ1v) is 10.2. The molecule has 0 saturated carbocycles. The van der Waals surface area contributed by atoms with Crippen molar-refractivity contribution >= 4 is 28.5 Å². The molecule has 1 N–H and O–H groups in total. The number of nitrogens with one attached hydrogen (secondary N) is 1. The van der Waals surface area contributed by atoms with Crippen molar-refractivity contribution in [3.8, 4) is 5.69 Å². The van der Waals surface area contributed by atoms with Gasteiger partial charge in [0.05, 0.1) is 22.3 Å². The molecule has 5 nitrogen and oxygen atoms in total. The van der Waals surface area contributed by atoms with E-state index < -0.39 is 0 Å². The fraction of sp³-hybridized carbons (Fsp3) is 0.208. The van der Waals surface area contributed by atoms with Crippen LogP contribution in [-0.4, -0.2) is 20.7 Å². The third kappa shape index (κ3) is 3.68. The van der Waals surface area contributed by atoms with E-state index >= 15 is 0 Å². The zero-order chi connectivity index (χ0) is 21.4. The smallest absolute Gasteiger partial charge is 0.252 e. The van der Waals surface area contributed by atoms with E-state index in [4.69, 9.17) is 16.6 Å². The molecule has 4 aromatic rings. The molecule has 0 aliphatic rings. The maximum atomic E-state index is 13.1. The minimum atomic E-state index is -0.142. The lowest BCUT2D eigenvalue weighted by atomic mass is 10.1. The number of aryl methyl sites for hydroxylation is 3. The van der Waals surface area contributed by atoms with Crippen LogP contribution in [0.15, 0.2) is 48.5 Å². The molecular formula is C24H23ClN4O. The number of benzene rings is 2. The Hall–Kier alpha value is -3.18. The molecular weight excluding hydrogens is 396 g/mol. The highest BCUT2D eigenvalue weighted by Gasteiger charge is 2.20. The quantitative estimate of drug-likeness (QED) is 0.493. The number of halogens is 1. The highest BCUT2D eigenvalue weighted by molar-refractivity contribution is 6.31. The van der Waals surface area contributed by atoms with Crippen molar-refractivity contribution in [3.63, 3.8) is 0 Å². The molecule has 0 atom stereocenters. The Morgan fingerprint density at radius 2 is 1.80 bits per heavy atom. The van der Waals surface area contributed by atoms with Gasteiger partial charge in [0, 0.05) is 17.3 Å². The van der Waals surface area contributed by atoms with Gasteiger partial charge in [0.25, 0.3) is 5.91 Å². The van der Waals surface area contributed by atoms with Crippen molar-refractivity contribution in [1.29, 1.82) is 0 Å². The van der Waals surface area contributed by atoms with Crippen molar-refractivity contribution < 1.29 is 4.79 Å². The molecule has 2 heterocycles. The average Bonchev–Trinajstić information content (AvgIpc) is 3.05. The van der Waals surface area contributed by atoms with E-state index in [0.717, 1.165) is 33.6 Å². The van der Waals surface area contributed by atoms with Gasteiger partial charge in [-0.3, -0.25) is 4.79 Å². The Morgan fingerprint density at radius 3 is 2.53 bits per heavy atom. The summed E-state index contributed by atoms with van der Waals surface area (Å²) in [7, 11) is 0. The van der Waals surface area contributed by atoms with Gasteiger partial charge in [0.2, 0.25) is 0 Å². The summed E-state index contributed by atoms with van der Waals surface area (Å²) in [6, 6.07) is 15.6. The first kappa shape index (κ1) is 20.1. The topological polar surface area (TPSA) is 59.8 Å². The number of amides is 1. The van der Waals surface area contributed by atoms with E-state index in [2.05, 4.69) is 10.4 Å². The van der Waals surface area contributed by atoms with Crippen LogP contribution in [0, 0.1) is 27.7 Å². The van der Waals surface area contributed by atoms with Gasteiger partial charge in [-0.15, -0.1) is 0 Å². The zero-order valence-corrected chi connectivity index (χ0v) is 18.2. The second-order valence-corrected chi connectivity index (χ2v) is 7.97. The Labute approximate surface area is 180 Å². The third-order valence-electron chi connectivity index (χ3n) is 5.23. The summed E-state index contributed by atoms with van der Waals surface area (Å²) in [4.78, 5) is 17.8. The molecule has 0 spiro atoms. The van der Waals surface area contributed by atoms with Crippen molar-refractivity contribution in [1.82, 2.24) is 20.1 Å². The second-order valence-electron chi connectivity index (χ2n) is 7.56. The number of carbonyl (C=O) groups excluding carboxylic acids is 1. The van der Waals surface area contributed by atoms with E-state index in [9.17, 15) is 4.79 Å². The number of hydrogen-bond acceptors (Lipinski definition) is 3. The fourth-order valence-corrected chi connectivity index (χ4v) is 3.74. The summed E-state index contributed by atoms with van der Waals surface area (Å²) in [6.45, 7) is 8.23. The van der Waals surface area contributed by atoms with E-state index in [1.165, 1.54) is 5.56 Å². The van der Waals surface area contributed by atoms with E-state index in [1.807, 2.05) is 76.2 Å². The van der Waals surface area contributed by atoms with E-state index in [-0.39, 0.29) is 5.91 Å².